The van der Waals surface area contributed by atoms with E-state index in [0.29, 0.717) is 5.16 Å². The van der Waals surface area contributed by atoms with Crippen molar-refractivity contribution in [3.63, 3.8) is 0 Å². The molecular weight excluding hydrogens is 274 g/mol. The van der Waals surface area contributed by atoms with Crippen LogP contribution in [0.4, 0.5) is 11.6 Å². The molecule has 0 aliphatic heterocycles. The summed E-state index contributed by atoms with van der Waals surface area (Å²) in [6.45, 7) is 4.77. The first-order chi connectivity index (χ1) is 9.71. The van der Waals surface area contributed by atoms with Crippen LogP contribution in [0, 0.1) is 6.92 Å². The van der Waals surface area contributed by atoms with Crippen LogP contribution >= 0.6 is 11.8 Å². The normalized spacial score (nSPS) is 11.2. The number of nitrogens with one attached hydrogen (secondary N) is 2. The van der Waals surface area contributed by atoms with Gasteiger partial charge in [0.05, 0.1) is 11.6 Å². The zero-order valence-electron chi connectivity index (χ0n) is 11.5. The molecule has 0 amide bonds. The van der Waals surface area contributed by atoms with Crippen molar-refractivity contribution in [1.29, 1.82) is 0 Å². The van der Waals surface area contributed by atoms with Gasteiger partial charge in [0.1, 0.15) is 5.82 Å². The monoisotopic (exact) mass is 289 g/mol. The molecule has 0 radical (unpaired) electrons. The molecule has 3 rings (SSSR count). The second kappa shape index (κ2) is 5.12. The number of hydrogen-bond acceptors (Lipinski definition) is 6. The zero-order chi connectivity index (χ0) is 14.1. The predicted molar refractivity (Wildman–Crippen MR) is 79.4 cm³/mol. The number of anilines is 2. The van der Waals surface area contributed by atoms with Crippen molar-refractivity contribution >= 4 is 34.4 Å². The van der Waals surface area contributed by atoms with Crippen molar-refractivity contribution in [3.05, 3.63) is 18.0 Å². The number of thioether (sulfide) groups is 1. The second-order valence-corrected chi connectivity index (χ2v) is 5.09. The average Bonchev–Trinajstić information content (AvgIpc) is 3.04. The standard InChI is InChI=1S/C12H15N7S/c1-4-19-11-8(6-13-19)10(15-12(16-11)20-3)14-9-5-7(2)17-18-9/h5-6H,4H2,1-3H3,(H2,14,15,16,17,18). The van der Waals surface area contributed by atoms with E-state index in [1.54, 1.807) is 6.20 Å². The van der Waals surface area contributed by atoms with E-state index in [1.165, 1.54) is 11.8 Å². The topological polar surface area (TPSA) is 84.3 Å². The molecule has 20 heavy (non-hydrogen) atoms. The third-order valence-corrected chi connectivity index (χ3v) is 3.46. The Morgan fingerprint density at radius 2 is 2.25 bits per heavy atom. The van der Waals surface area contributed by atoms with Crippen molar-refractivity contribution in [1.82, 2.24) is 29.9 Å². The van der Waals surface area contributed by atoms with Gasteiger partial charge >= 0.3 is 0 Å². The van der Waals surface area contributed by atoms with Gasteiger partial charge in [-0.1, -0.05) is 11.8 Å². The summed E-state index contributed by atoms with van der Waals surface area (Å²) >= 11 is 1.50. The molecule has 3 aromatic heterocycles. The van der Waals surface area contributed by atoms with Gasteiger partial charge in [0.2, 0.25) is 0 Å². The Kier molecular flexibility index (Phi) is 3.31. The van der Waals surface area contributed by atoms with Crippen LogP contribution < -0.4 is 5.32 Å². The van der Waals surface area contributed by atoms with E-state index in [9.17, 15) is 0 Å². The first-order valence-electron chi connectivity index (χ1n) is 6.28. The van der Waals surface area contributed by atoms with Gasteiger partial charge in [0.15, 0.2) is 16.6 Å². The van der Waals surface area contributed by atoms with Gasteiger partial charge in [-0.2, -0.15) is 10.2 Å². The fourth-order valence-electron chi connectivity index (χ4n) is 1.96. The van der Waals surface area contributed by atoms with Crippen molar-refractivity contribution in [3.8, 4) is 0 Å². The first-order valence-corrected chi connectivity index (χ1v) is 7.50. The number of aryl methyl sites for hydroxylation is 2. The number of H-pyrrole nitrogens is 1. The third-order valence-electron chi connectivity index (χ3n) is 2.91. The molecule has 0 fully saturated rings. The Balaban J connectivity index is 2.10. The summed E-state index contributed by atoms with van der Waals surface area (Å²) in [6.07, 6.45) is 3.74. The summed E-state index contributed by atoms with van der Waals surface area (Å²) in [5.74, 6) is 1.46. The number of fused-ring (bicyclic) bond motifs is 1. The van der Waals surface area contributed by atoms with Crippen LogP contribution in [0.1, 0.15) is 12.6 Å². The summed E-state index contributed by atoms with van der Waals surface area (Å²) in [5, 5.41) is 16.2. The van der Waals surface area contributed by atoms with Gasteiger partial charge in [0, 0.05) is 18.3 Å². The number of hydrogen-bond donors (Lipinski definition) is 2. The van der Waals surface area contributed by atoms with E-state index in [0.717, 1.165) is 34.9 Å². The van der Waals surface area contributed by atoms with Gasteiger partial charge in [-0.15, -0.1) is 0 Å². The molecule has 0 atom stereocenters. The van der Waals surface area contributed by atoms with E-state index in [4.69, 9.17) is 0 Å². The molecule has 0 spiro atoms. The number of aromatic amines is 1. The van der Waals surface area contributed by atoms with Gasteiger partial charge in [-0.25, -0.2) is 14.6 Å². The molecule has 0 aliphatic rings. The lowest BCUT2D eigenvalue weighted by Crippen LogP contribution is -2.01. The lowest BCUT2D eigenvalue weighted by molar-refractivity contribution is 0.673. The highest BCUT2D eigenvalue weighted by Gasteiger charge is 2.13. The van der Waals surface area contributed by atoms with Crippen molar-refractivity contribution in [2.75, 3.05) is 11.6 Å². The fourth-order valence-corrected chi connectivity index (χ4v) is 2.32. The Morgan fingerprint density at radius 3 is 2.90 bits per heavy atom. The summed E-state index contributed by atoms with van der Waals surface area (Å²) in [6, 6.07) is 1.93. The van der Waals surface area contributed by atoms with Crippen LogP contribution in [-0.4, -0.2) is 36.2 Å². The quantitative estimate of drug-likeness (QED) is 0.566. The maximum Gasteiger partial charge on any atom is 0.191 e. The van der Waals surface area contributed by atoms with E-state index < -0.39 is 0 Å². The average molecular weight is 289 g/mol. The summed E-state index contributed by atoms with van der Waals surface area (Å²) < 4.78 is 1.86. The van der Waals surface area contributed by atoms with Gasteiger partial charge in [0.25, 0.3) is 0 Å². The molecule has 2 N–H and O–H groups in total. The Morgan fingerprint density at radius 1 is 1.40 bits per heavy atom. The summed E-state index contributed by atoms with van der Waals surface area (Å²) in [4.78, 5) is 9.02. The van der Waals surface area contributed by atoms with Gasteiger partial charge < -0.3 is 5.32 Å². The van der Waals surface area contributed by atoms with E-state index in [-0.39, 0.29) is 0 Å². The maximum absolute atomic E-state index is 4.52. The van der Waals surface area contributed by atoms with Crippen molar-refractivity contribution in [2.45, 2.75) is 25.5 Å². The SMILES string of the molecule is CCn1ncc2c(Nc3cc(C)[nH]n3)nc(SC)nc21. The molecule has 3 heterocycles. The van der Waals surface area contributed by atoms with E-state index in [1.807, 2.05) is 30.9 Å². The number of nitrogens with zero attached hydrogens (tertiary/aromatic N) is 5. The molecule has 0 saturated carbocycles. The molecular formula is C12H15N7S. The third kappa shape index (κ3) is 2.22. The smallest absolute Gasteiger partial charge is 0.191 e. The molecule has 0 aliphatic carbocycles. The van der Waals surface area contributed by atoms with Crippen LogP contribution in [0.5, 0.6) is 0 Å². The molecule has 7 nitrogen and oxygen atoms in total. The highest BCUT2D eigenvalue weighted by molar-refractivity contribution is 7.98. The molecule has 3 aromatic rings. The molecule has 0 saturated heterocycles. The fraction of sp³-hybridized carbons (Fsp3) is 0.333. The Labute approximate surface area is 120 Å². The van der Waals surface area contributed by atoms with Crippen LogP contribution in [0.25, 0.3) is 11.0 Å². The highest BCUT2D eigenvalue weighted by Crippen LogP contribution is 2.25. The molecule has 104 valence electrons. The largest absolute Gasteiger partial charge is 0.323 e. The lowest BCUT2D eigenvalue weighted by atomic mass is 10.4. The minimum atomic E-state index is 0.711. The minimum absolute atomic E-state index is 0.711. The molecule has 0 bridgehead atoms. The molecule has 8 heteroatoms. The van der Waals surface area contributed by atoms with Crippen LogP contribution in [0.3, 0.4) is 0 Å². The highest BCUT2D eigenvalue weighted by atomic mass is 32.2. The summed E-state index contributed by atoms with van der Waals surface area (Å²) in [5.41, 5.74) is 1.83. The van der Waals surface area contributed by atoms with Gasteiger partial charge in [-0.05, 0) is 20.1 Å². The molecule has 0 unspecified atom stereocenters. The lowest BCUT2D eigenvalue weighted by Gasteiger charge is -2.06. The Hall–Kier alpha value is -2.09. The van der Waals surface area contributed by atoms with Crippen LogP contribution in [0.2, 0.25) is 0 Å². The summed E-state index contributed by atoms with van der Waals surface area (Å²) in [7, 11) is 0. The van der Waals surface area contributed by atoms with Crippen LogP contribution in [-0.2, 0) is 6.54 Å². The van der Waals surface area contributed by atoms with E-state index in [2.05, 4.69) is 30.6 Å². The molecule has 0 aromatic carbocycles. The maximum atomic E-state index is 4.52. The minimum Gasteiger partial charge on any atom is -0.323 e. The zero-order valence-corrected chi connectivity index (χ0v) is 12.3. The second-order valence-electron chi connectivity index (χ2n) is 4.32. The van der Waals surface area contributed by atoms with E-state index >= 15 is 0 Å². The van der Waals surface area contributed by atoms with Crippen molar-refractivity contribution in [2.24, 2.45) is 0 Å². The van der Waals surface area contributed by atoms with Gasteiger partial charge in [-0.3, -0.25) is 5.10 Å². The number of aromatic nitrogens is 6. The van der Waals surface area contributed by atoms with Crippen molar-refractivity contribution < 1.29 is 0 Å². The van der Waals surface area contributed by atoms with Crippen LogP contribution in [0.15, 0.2) is 17.4 Å². The number of rotatable bonds is 4. The predicted octanol–water partition coefficient (Wildman–Crippen LogP) is 2.34. The first kappa shape index (κ1) is 12.9. The Bertz CT molecular complexity index is 745.